The molecular weight excluding hydrogens is 254 g/mol. The van der Waals surface area contributed by atoms with Gasteiger partial charge in [0.15, 0.2) is 5.82 Å². The van der Waals surface area contributed by atoms with Gasteiger partial charge in [-0.15, -0.1) is 0 Å². The van der Waals surface area contributed by atoms with Gasteiger partial charge in [0.2, 0.25) is 5.95 Å². The van der Waals surface area contributed by atoms with Gasteiger partial charge in [-0.05, 0) is 25.1 Å². The number of nitrogens with zero attached hydrogens (tertiary/aromatic N) is 4. The number of benzene rings is 1. The number of anilines is 1. The summed E-state index contributed by atoms with van der Waals surface area (Å²) in [6.45, 7) is 2.33. The van der Waals surface area contributed by atoms with Gasteiger partial charge >= 0.3 is 0 Å². The van der Waals surface area contributed by atoms with Crippen molar-refractivity contribution >= 4 is 5.95 Å². The van der Waals surface area contributed by atoms with Crippen LogP contribution in [0.2, 0.25) is 0 Å². The molecule has 0 aliphatic carbocycles. The molecule has 0 bridgehead atoms. The van der Waals surface area contributed by atoms with Gasteiger partial charge in [-0.1, -0.05) is 23.4 Å². The van der Waals surface area contributed by atoms with E-state index in [2.05, 4.69) is 25.4 Å². The molecule has 2 aromatic heterocycles. The van der Waals surface area contributed by atoms with Gasteiger partial charge in [0.25, 0.3) is 5.89 Å². The molecule has 20 heavy (non-hydrogen) atoms. The molecule has 6 heteroatoms. The topological polar surface area (TPSA) is 76.7 Å². The van der Waals surface area contributed by atoms with Gasteiger partial charge in [-0.2, -0.15) is 4.98 Å². The average molecular weight is 267 g/mol. The summed E-state index contributed by atoms with van der Waals surface area (Å²) >= 11 is 0. The van der Waals surface area contributed by atoms with Gasteiger partial charge in [-0.3, -0.25) is 0 Å². The van der Waals surface area contributed by atoms with Crippen molar-refractivity contribution in [3.05, 3.63) is 54.1 Å². The summed E-state index contributed by atoms with van der Waals surface area (Å²) < 4.78 is 5.22. The van der Waals surface area contributed by atoms with Gasteiger partial charge < -0.3 is 9.84 Å². The molecule has 1 N–H and O–H groups in total. The van der Waals surface area contributed by atoms with E-state index < -0.39 is 0 Å². The van der Waals surface area contributed by atoms with E-state index in [-0.39, 0.29) is 0 Å². The van der Waals surface area contributed by atoms with Gasteiger partial charge in [-0.25, -0.2) is 9.97 Å². The molecule has 0 saturated carbocycles. The smallest absolute Gasteiger partial charge is 0.257 e. The summed E-state index contributed by atoms with van der Waals surface area (Å²) in [6, 6.07) is 11.5. The van der Waals surface area contributed by atoms with Crippen LogP contribution in [0.3, 0.4) is 0 Å². The van der Waals surface area contributed by atoms with Crippen LogP contribution in [0, 0.1) is 6.92 Å². The van der Waals surface area contributed by atoms with Crippen LogP contribution < -0.4 is 5.32 Å². The normalized spacial score (nSPS) is 10.4. The van der Waals surface area contributed by atoms with E-state index in [0.717, 1.165) is 11.3 Å². The number of aryl methyl sites for hydroxylation is 1. The summed E-state index contributed by atoms with van der Waals surface area (Å²) in [7, 11) is 0. The molecular formula is C14H13N5O. The molecule has 100 valence electrons. The highest BCUT2D eigenvalue weighted by Crippen LogP contribution is 2.16. The second kappa shape index (κ2) is 5.48. The molecule has 0 spiro atoms. The Kier molecular flexibility index (Phi) is 3.36. The molecule has 0 radical (unpaired) electrons. The van der Waals surface area contributed by atoms with Crippen LogP contribution in [0.5, 0.6) is 0 Å². The lowest BCUT2D eigenvalue weighted by atomic mass is 10.2. The molecule has 1 aromatic carbocycles. The summed E-state index contributed by atoms with van der Waals surface area (Å²) in [4.78, 5) is 12.7. The molecule has 0 fully saturated rings. The van der Waals surface area contributed by atoms with Crippen molar-refractivity contribution < 1.29 is 4.52 Å². The maximum absolute atomic E-state index is 5.22. The molecule has 0 aliphatic rings. The Morgan fingerprint density at radius 1 is 1.10 bits per heavy atom. The van der Waals surface area contributed by atoms with Gasteiger partial charge in [0, 0.05) is 17.5 Å². The van der Waals surface area contributed by atoms with Crippen molar-refractivity contribution in [2.75, 3.05) is 5.32 Å². The monoisotopic (exact) mass is 267 g/mol. The van der Waals surface area contributed by atoms with E-state index in [4.69, 9.17) is 4.52 Å². The SMILES string of the molecule is Cc1ccnc(NCc2noc(-c3ccccc3)n2)n1. The molecule has 0 aliphatic heterocycles. The van der Waals surface area contributed by atoms with Crippen LogP contribution in [0.4, 0.5) is 5.95 Å². The number of nitrogens with one attached hydrogen (secondary N) is 1. The predicted molar refractivity (Wildman–Crippen MR) is 73.8 cm³/mol. The van der Waals surface area contributed by atoms with Crippen molar-refractivity contribution in [3.63, 3.8) is 0 Å². The Bertz CT molecular complexity index is 696. The van der Waals surface area contributed by atoms with Crippen LogP contribution in [0.15, 0.2) is 47.1 Å². The van der Waals surface area contributed by atoms with E-state index >= 15 is 0 Å². The third-order valence-corrected chi connectivity index (χ3v) is 2.69. The van der Waals surface area contributed by atoms with E-state index in [1.54, 1.807) is 6.20 Å². The Hall–Kier alpha value is -2.76. The lowest BCUT2D eigenvalue weighted by Gasteiger charge is -2.01. The number of hydrogen-bond acceptors (Lipinski definition) is 6. The third kappa shape index (κ3) is 2.80. The van der Waals surface area contributed by atoms with Crippen molar-refractivity contribution in [3.8, 4) is 11.5 Å². The van der Waals surface area contributed by atoms with E-state index in [0.29, 0.717) is 24.2 Å². The first-order valence-corrected chi connectivity index (χ1v) is 6.23. The first kappa shape index (κ1) is 12.3. The Morgan fingerprint density at radius 2 is 1.95 bits per heavy atom. The largest absolute Gasteiger partial charge is 0.347 e. The van der Waals surface area contributed by atoms with E-state index in [1.165, 1.54) is 0 Å². The maximum atomic E-state index is 5.22. The minimum absolute atomic E-state index is 0.416. The molecule has 0 saturated heterocycles. The summed E-state index contributed by atoms with van der Waals surface area (Å²) in [6.07, 6.45) is 1.70. The fourth-order valence-corrected chi connectivity index (χ4v) is 1.72. The van der Waals surface area contributed by atoms with Gasteiger partial charge in [0.1, 0.15) is 0 Å². The van der Waals surface area contributed by atoms with Crippen molar-refractivity contribution in [1.29, 1.82) is 0 Å². The maximum Gasteiger partial charge on any atom is 0.257 e. The highest BCUT2D eigenvalue weighted by Gasteiger charge is 2.08. The first-order chi connectivity index (χ1) is 9.81. The zero-order valence-electron chi connectivity index (χ0n) is 10.9. The van der Waals surface area contributed by atoms with Crippen molar-refractivity contribution in [2.24, 2.45) is 0 Å². The van der Waals surface area contributed by atoms with Crippen LogP contribution >= 0.6 is 0 Å². The average Bonchev–Trinajstić information content (AvgIpc) is 2.95. The van der Waals surface area contributed by atoms with E-state index in [9.17, 15) is 0 Å². The lowest BCUT2D eigenvalue weighted by molar-refractivity contribution is 0.423. The number of hydrogen-bond donors (Lipinski definition) is 1. The number of rotatable bonds is 4. The summed E-state index contributed by atoms with van der Waals surface area (Å²) in [5.74, 6) is 1.62. The fraction of sp³-hybridized carbons (Fsp3) is 0.143. The van der Waals surface area contributed by atoms with Crippen molar-refractivity contribution in [2.45, 2.75) is 13.5 Å². The van der Waals surface area contributed by atoms with Crippen LogP contribution in [0.25, 0.3) is 11.5 Å². The molecule has 0 unspecified atom stereocenters. The molecule has 3 aromatic rings. The van der Waals surface area contributed by atoms with Gasteiger partial charge in [0.05, 0.1) is 6.54 Å². The minimum atomic E-state index is 0.416. The molecule has 0 amide bonds. The van der Waals surface area contributed by atoms with E-state index in [1.807, 2.05) is 43.3 Å². The van der Waals surface area contributed by atoms with Crippen LogP contribution in [0.1, 0.15) is 11.5 Å². The lowest BCUT2D eigenvalue weighted by Crippen LogP contribution is -2.05. The Morgan fingerprint density at radius 3 is 2.75 bits per heavy atom. The summed E-state index contributed by atoms with van der Waals surface area (Å²) in [5, 5.41) is 6.99. The van der Waals surface area contributed by atoms with Crippen LogP contribution in [-0.2, 0) is 6.54 Å². The zero-order chi connectivity index (χ0) is 13.8. The predicted octanol–water partition coefficient (Wildman–Crippen LogP) is 2.45. The van der Waals surface area contributed by atoms with Crippen molar-refractivity contribution in [1.82, 2.24) is 20.1 Å². The molecule has 3 rings (SSSR count). The number of aromatic nitrogens is 4. The highest BCUT2D eigenvalue weighted by atomic mass is 16.5. The minimum Gasteiger partial charge on any atom is -0.347 e. The Balaban J connectivity index is 1.69. The fourth-order valence-electron chi connectivity index (χ4n) is 1.72. The molecule has 0 atom stereocenters. The zero-order valence-corrected chi connectivity index (χ0v) is 10.9. The molecule has 2 heterocycles. The van der Waals surface area contributed by atoms with Crippen LogP contribution in [-0.4, -0.2) is 20.1 Å². The highest BCUT2D eigenvalue weighted by molar-refractivity contribution is 5.52. The molecule has 6 nitrogen and oxygen atoms in total. The quantitative estimate of drug-likeness (QED) is 0.782. The third-order valence-electron chi connectivity index (χ3n) is 2.69. The second-order valence-corrected chi connectivity index (χ2v) is 4.26. The second-order valence-electron chi connectivity index (χ2n) is 4.26. The first-order valence-electron chi connectivity index (χ1n) is 6.23. The Labute approximate surface area is 115 Å². The standard InChI is InChI=1S/C14H13N5O/c1-10-7-8-15-14(17-10)16-9-12-18-13(20-19-12)11-5-3-2-4-6-11/h2-8H,9H2,1H3,(H,15,16,17). The summed E-state index contributed by atoms with van der Waals surface area (Å²) in [5.41, 5.74) is 1.80.